The molecule has 0 aliphatic carbocycles. The highest BCUT2D eigenvalue weighted by Crippen LogP contribution is 2.16. The summed E-state index contributed by atoms with van der Waals surface area (Å²) in [6.45, 7) is 0.395. The summed E-state index contributed by atoms with van der Waals surface area (Å²) in [4.78, 5) is 4.07. The molecule has 2 rings (SSSR count). The molecule has 1 aromatic carbocycles. The third kappa shape index (κ3) is 3.41. The molecular weight excluding hydrogens is 307 g/mol. The summed E-state index contributed by atoms with van der Waals surface area (Å²) in [5.41, 5.74) is 1.40. The Kier molecular flexibility index (Phi) is 3.97. The molecule has 0 saturated heterocycles. The average Bonchev–Trinajstić information content (AvgIpc) is 2.30. The van der Waals surface area contributed by atoms with Crippen LogP contribution in [0.3, 0.4) is 0 Å². The minimum atomic E-state index is -0.310. The van der Waals surface area contributed by atoms with E-state index in [2.05, 4.69) is 26.2 Å². The van der Waals surface area contributed by atoms with Crippen molar-refractivity contribution < 1.29 is 4.39 Å². The van der Waals surface area contributed by atoms with Crippen LogP contribution in [0, 0.1) is 5.82 Å². The van der Waals surface area contributed by atoms with Crippen LogP contribution in [0.25, 0.3) is 0 Å². The molecule has 0 fully saturated rings. The van der Waals surface area contributed by atoms with Gasteiger partial charge in [-0.3, -0.25) is 0 Å². The molecule has 0 bridgehead atoms. The number of nitrogens with zero attached hydrogens (tertiary/aromatic N) is 1. The second-order valence-electron chi connectivity index (χ2n) is 3.46. The number of pyridine rings is 1. The number of hydrogen-bond donors (Lipinski definition) is 1. The lowest BCUT2D eigenvalue weighted by atomic mass is 10.2. The lowest BCUT2D eigenvalue weighted by molar-refractivity contribution is 0.613. The van der Waals surface area contributed by atoms with Gasteiger partial charge in [0.25, 0.3) is 0 Å². The number of halogens is 3. The van der Waals surface area contributed by atoms with Gasteiger partial charge >= 0.3 is 0 Å². The van der Waals surface area contributed by atoms with Crippen LogP contribution in [-0.2, 0) is 6.54 Å². The van der Waals surface area contributed by atoms with E-state index >= 15 is 0 Å². The first-order valence-electron chi connectivity index (χ1n) is 4.94. The molecule has 1 heterocycles. The minimum Gasteiger partial charge on any atom is -0.380 e. The molecule has 17 heavy (non-hydrogen) atoms. The molecule has 1 N–H and O–H groups in total. The molecule has 1 aromatic heterocycles. The second kappa shape index (κ2) is 5.47. The second-order valence-corrected chi connectivity index (χ2v) is 4.71. The van der Waals surface area contributed by atoms with Crippen molar-refractivity contribution in [2.24, 2.45) is 0 Å². The van der Waals surface area contributed by atoms with Crippen LogP contribution in [0.2, 0.25) is 5.02 Å². The molecule has 0 aliphatic rings. The Morgan fingerprint density at radius 2 is 2.12 bits per heavy atom. The van der Waals surface area contributed by atoms with Gasteiger partial charge in [-0.05, 0) is 40.2 Å². The monoisotopic (exact) mass is 314 g/mol. The van der Waals surface area contributed by atoms with E-state index in [1.54, 1.807) is 18.3 Å². The fraction of sp³-hybridized carbons (Fsp3) is 0.0833. The fourth-order valence-corrected chi connectivity index (χ4v) is 1.74. The number of hydrogen-bond acceptors (Lipinski definition) is 2. The minimum absolute atomic E-state index is 0.310. The predicted molar refractivity (Wildman–Crippen MR) is 70.7 cm³/mol. The fourth-order valence-electron chi connectivity index (χ4n) is 1.34. The van der Waals surface area contributed by atoms with E-state index in [4.69, 9.17) is 11.6 Å². The Hall–Kier alpha value is -1.13. The van der Waals surface area contributed by atoms with Gasteiger partial charge in [0.05, 0.1) is 11.9 Å². The van der Waals surface area contributed by atoms with Crippen LogP contribution < -0.4 is 5.32 Å². The molecular formula is C12H9BrClFN2. The molecule has 0 spiro atoms. The van der Waals surface area contributed by atoms with E-state index in [-0.39, 0.29) is 5.82 Å². The van der Waals surface area contributed by atoms with Gasteiger partial charge in [0.2, 0.25) is 0 Å². The summed E-state index contributed by atoms with van der Waals surface area (Å²) in [6, 6.07) is 8.32. The summed E-state index contributed by atoms with van der Waals surface area (Å²) in [6.07, 6.45) is 1.68. The van der Waals surface area contributed by atoms with Crippen molar-refractivity contribution >= 4 is 33.2 Å². The van der Waals surface area contributed by atoms with Crippen LogP contribution in [0.15, 0.2) is 41.1 Å². The lowest BCUT2D eigenvalue weighted by Gasteiger charge is -2.07. The molecule has 0 unspecified atom stereocenters. The van der Waals surface area contributed by atoms with E-state index < -0.39 is 0 Å². The number of rotatable bonds is 3. The van der Waals surface area contributed by atoms with Crippen molar-refractivity contribution in [1.82, 2.24) is 4.98 Å². The van der Waals surface area contributed by atoms with E-state index in [1.807, 2.05) is 12.1 Å². The normalized spacial score (nSPS) is 10.3. The number of nitrogens with one attached hydrogen (secondary N) is 1. The highest BCUT2D eigenvalue weighted by Gasteiger charge is 2.02. The van der Waals surface area contributed by atoms with Gasteiger partial charge in [0.1, 0.15) is 10.4 Å². The van der Waals surface area contributed by atoms with Crippen molar-refractivity contribution in [3.8, 4) is 0 Å². The molecule has 0 amide bonds. The third-order valence-electron chi connectivity index (χ3n) is 2.23. The highest BCUT2D eigenvalue weighted by molar-refractivity contribution is 9.10. The SMILES string of the molecule is Fc1cc(Cl)ccc1CNc1ccc(Br)nc1. The van der Waals surface area contributed by atoms with E-state index in [1.165, 1.54) is 6.07 Å². The van der Waals surface area contributed by atoms with E-state index in [9.17, 15) is 4.39 Å². The van der Waals surface area contributed by atoms with Crippen LogP contribution in [0.4, 0.5) is 10.1 Å². The van der Waals surface area contributed by atoms with Crippen LogP contribution in [0.5, 0.6) is 0 Å². The van der Waals surface area contributed by atoms with Crippen molar-refractivity contribution in [1.29, 1.82) is 0 Å². The Balaban J connectivity index is 2.04. The van der Waals surface area contributed by atoms with Gasteiger partial charge in [0, 0.05) is 17.1 Å². The molecule has 5 heteroatoms. The Labute approximate surface area is 112 Å². The Morgan fingerprint density at radius 1 is 1.29 bits per heavy atom. The summed E-state index contributed by atoms with van der Waals surface area (Å²) < 4.78 is 14.2. The quantitative estimate of drug-likeness (QED) is 0.857. The van der Waals surface area contributed by atoms with Gasteiger partial charge in [0.15, 0.2) is 0 Å². The number of aromatic nitrogens is 1. The van der Waals surface area contributed by atoms with Gasteiger partial charge in [-0.2, -0.15) is 0 Å². The summed E-state index contributed by atoms with van der Waals surface area (Å²) in [5, 5.41) is 3.48. The zero-order chi connectivity index (χ0) is 12.3. The summed E-state index contributed by atoms with van der Waals surface area (Å²) >= 11 is 8.92. The topological polar surface area (TPSA) is 24.9 Å². The van der Waals surface area contributed by atoms with E-state index in [0.717, 1.165) is 10.3 Å². The Morgan fingerprint density at radius 3 is 2.76 bits per heavy atom. The molecule has 2 aromatic rings. The van der Waals surface area contributed by atoms with Crippen LogP contribution in [-0.4, -0.2) is 4.98 Å². The molecule has 0 radical (unpaired) electrons. The first-order valence-corrected chi connectivity index (χ1v) is 6.11. The Bertz CT molecular complexity index is 516. The van der Waals surface area contributed by atoms with Crippen LogP contribution in [0.1, 0.15) is 5.56 Å². The lowest BCUT2D eigenvalue weighted by Crippen LogP contribution is -2.01. The van der Waals surface area contributed by atoms with Gasteiger partial charge in [-0.1, -0.05) is 17.7 Å². The van der Waals surface area contributed by atoms with Gasteiger partial charge in [-0.15, -0.1) is 0 Å². The van der Waals surface area contributed by atoms with E-state index in [0.29, 0.717) is 17.1 Å². The van der Waals surface area contributed by atoms with Crippen molar-refractivity contribution in [3.63, 3.8) is 0 Å². The molecule has 0 saturated carbocycles. The molecule has 2 nitrogen and oxygen atoms in total. The number of benzene rings is 1. The van der Waals surface area contributed by atoms with Crippen molar-refractivity contribution in [2.75, 3.05) is 5.32 Å². The number of anilines is 1. The largest absolute Gasteiger partial charge is 0.380 e. The molecule has 88 valence electrons. The molecule has 0 aliphatic heterocycles. The summed E-state index contributed by atoms with van der Waals surface area (Å²) in [7, 11) is 0. The highest BCUT2D eigenvalue weighted by atomic mass is 79.9. The predicted octanol–water partition coefficient (Wildman–Crippen LogP) is 4.25. The molecule has 0 atom stereocenters. The first-order chi connectivity index (χ1) is 8.15. The summed E-state index contributed by atoms with van der Waals surface area (Å²) in [5.74, 6) is -0.310. The first kappa shape index (κ1) is 12.3. The van der Waals surface area contributed by atoms with Crippen molar-refractivity contribution in [3.05, 3.63) is 57.5 Å². The standard InChI is InChI=1S/C12H9BrClFN2/c13-12-4-3-10(7-17-12)16-6-8-1-2-9(14)5-11(8)15/h1-5,7,16H,6H2. The zero-order valence-corrected chi connectivity index (χ0v) is 11.1. The maximum absolute atomic E-state index is 13.5. The maximum Gasteiger partial charge on any atom is 0.129 e. The smallest absolute Gasteiger partial charge is 0.129 e. The third-order valence-corrected chi connectivity index (χ3v) is 2.93. The average molecular weight is 316 g/mol. The van der Waals surface area contributed by atoms with Crippen molar-refractivity contribution in [2.45, 2.75) is 6.54 Å². The maximum atomic E-state index is 13.5. The zero-order valence-electron chi connectivity index (χ0n) is 8.75. The van der Waals surface area contributed by atoms with Gasteiger partial charge in [-0.25, -0.2) is 9.37 Å². The van der Waals surface area contributed by atoms with Crippen LogP contribution >= 0.6 is 27.5 Å². The van der Waals surface area contributed by atoms with Gasteiger partial charge < -0.3 is 5.32 Å².